The van der Waals surface area contributed by atoms with Crippen molar-refractivity contribution in [1.29, 1.82) is 0 Å². The summed E-state index contributed by atoms with van der Waals surface area (Å²) in [6.07, 6.45) is 6.63. The molecular weight excluding hydrogens is 532 g/mol. The highest BCUT2D eigenvalue weighted by Crippen LogP contribution is 2.47. The lowest BCUT2D eigenvalue weighted by molar-refractivity contribution is 0.104. The minimum Gasteiger partial charge on any atom is -0.493 e. The Labute approximate surface area is 245 Å². The van der Waals surface area contributed by atoms with Crippen LogP contribution < -0.4 is 24.4 Å². The highest BCUT2D eigenvalue weighted by molar-refractivity contribution is 6.28. The van der Waals surface area contributed by atoms with E-state index in [-0.39, 0.29) is 5.78 Å². The van der Waals surface area contributed by atoms with E-state index < -0.39 is 0 Å². The molecule has 1 aromatic heterocycles. The van der Waals surface area contributed by atoms with Crippen LogP contribution in [0.3, 0.4) is 0 Å². The molecule has 0 amide bonds. The fraction of sp³-hybridized carbons (Fsp3) is 0.394. The number of methoxy groups -OCH3 is 3. The summed E-state index contributed by atoms with van der Waals surface area (Å²) >= 11 is 0. The van der Waals surface area contributed by atoms with Gasteiger partial charge in [-0.2, -0.15) is 0 Å². The highest BCUT2D eigenvalue weighted by atomic mass is 16.5. The number of carbonyl (C=O) groups is 1. The van der Waals surface area contributed by atoms with Crippen LogP contribution >= 0.6 is 0 Å². The molecule has 2 heterocycles. The quantitative estimate of drug-likeness (QED) is 0.244. The Morgan fingerprint density at radius 3 is 2.24 bits per heavy atom. The van der Waals surface area contributed by atoms with Crippen molar-refractivity contribution < 1.29 is 23.5 Å². The molecule has 9 heteroatoms. The first-order chi connectivity index (χ1) is 20.6. The number of ether oxygens (including phenoxy) is 3. The topological polar surface area (TPSA) is 89.3 Å². The predicted octanol–water partition coefficient (Wildman–Crippen LogP) is 6.26. The zero-order valence-electron chi connectivity index (χ0n) is 24.4. The van der Waals surface area contributed by atoms with Crippen LogP contribution in [0.1, 0.15) is 48.0 Å². The Kier molecular flexibility index (Phi) is 6.90. The second-order valence-electron chi connectivity index (χ2n) is 11.3. The first-order valence-corrected chi connectivity index (χ1v) is 14.8. The first kappa shape index (κ1) is 26.6. The summed E-state index contributed by atoms with van der Waals surface area (Å²) in [5, 5.41) is 8.84. The van der Waals surface area contributed by atoms with Crippen LogP contribution in [0.15, 0.2) is 47.0 Å². The number of rotatable bonds is 7. The second-order valence-corrected chi connectivity index (χ2v) is 11.3. The molecule has 9 nitrogen and oxygen atoms in total. The summed E-state index contributed by atoms with van der Waals surface area (Å²) in [6, 6.07) is 14.0. The number of hydrogen-bond donors (Lipinski definition) is 1. The standard InChI is InChI=1S/C33H36N4O5/c1-39-26-17-20(18-27(40-2)33(26)41-3)34-24-19-25(37-15-13-36(14-16-37)21-9-5-4-6-10-21)30-29-28(24)31(38)22-11-7-8-12-23(22)32(29)42-35-30/h7-8,11-12,17-19,21,34H,4-6,9-10,13-16H2,1-3H3. The number of nitrogens with zero attached hydrogens (tertiary/aromatic N) is 3. The summed E-state index contributed by atoms with van der Waals surface area (Å²) in [5.74, 6) is 2.12. The molecule has 4 aromatic rings. The van der Waals surface area contributed by atoms with E-state index >= 15 is 0 Å². The normalized spacial score (nSPS) is 17.3. The molecule has 0 atom stereocenters. The van der Waals surface area contributed by atoms with Crippen LogP contribution in [0.5, 0.6) is 17.2 Å². The van der Waals surface area contributed by atoms with Gasteiger partial charge < -0.3 is 29.0 Å². The minimum absolute atomic E-state index is 0.0603. The molecule has 0 spiro atoms. The first-order valence-electron chi connectivity index (χ1n) is 14.8. The van der Waals surface area contributed by atoms with Gasteiger partial charge in [0, 0.05) is 61.2 Å². The van der Waals surface area contributed by atoms with Crippen molar-refractivity contribution in [2.24, 2.45) is 0 Å². The van der Waals surface area contributed by atoms with E-state index in [0.717, 1.165) is 48.3 Å². The zero-order chi connectivity index (χ0) is 28.8. The predicted molar refractivity (Wildman–Crippen MR) is 163 cm³/mol. The molecule has 3 aliphatic rings. The molecule has 1 aliphatic heterocycles. The average molecular weight is 569 g/mol. The fourth-order valence-corrected chi connectivity index (χ4v) is 6.96. The molecule has 42 heavy (non-hydrogen) atoms. The van der Waals surface area contributed by atoms with Gasteiger partial charge in [0.25, 0.3) is 0 Å². The van der Waals surface area contributed by atoms with Gasteiger partial charge in [-0.25, -0.2) is 0 Å². The van der Waals surface area contributed by atoms with Crippen molar-refractivity contribution in [3.05, 3.63) is 53.6 Å². The summed E-state index contributed by atoms with van der Waals surface area (Å²) in [5.41, 5.74) is 5.01. The molecule has 1 N–H and O–H groups in total. The minimum atomic E-state index is -0.0603. The average Bonchev–Trinajstić information content (AvgIpc) is 3.49. The van der Waals surface area contributed by atoms with E-state index in [1.165, 1.54) is 32.1 Å². The highest BCUT2D eigenvalue weighted by Gasteiger charge is 2.35. The van der Waals surface area contributed by atoms with Crippen molar-refractivity contribution in [1.82, 2.24) is 10.1 Å². The van der Waals surface area contributed by atoms with E-state index in [1.54, 1.807) is 21.3 Å². The second kappa shape index (κ2) is 10.9. The van der Waals surface area contributed by atoms with E-state index in [1.807, 2.05) is 36.4 Å². The maximum atomic E-state index is 14.1. The molecular formula is C33H36N4O5. The lowest BCUT2D eigenvalue weighted by atomic mass is 9.86. The summed E-state index contributed by atoms with van der Waals surface area (Å²) in [7, 11) is 4.76. The lowest BCUT2D eigenvalue weighted by Gasteiger charge is -2.41. The number of benzene rings is 3. The van der Waals surface area contributed by atoms with Gasteiger partial charge in [-0.1, -0.05) is 48.7 Å². The molecule has 2 aliphatic carbocycles. The van der Waals surface area contributed by atoms with Crippen molar-refractivity contribution in [2.45, 2.75) is 38.1 Å². The van der Waals surface area contributed by atoms with Gasteiger partial charge in [0.05, 0.1) is 43.7 Å². The van der Waals surface area contributed by atoms with E-state index in [0.29, 0.717) is 51.6 Å². The van der Waals surface area contributed by atoms with Gasteiger partial charge in [0.1, 0.15) is 5.52 Å². The number of carbonyl (C=O) groups excluding carboxylic acids is 1. The van der Waals surface area contributed by atoms with Crippen LogP contribution in [0, 0.1) is 0 Å². The number of anilines is 3. The van der Waals surface area contributed by atoms with Crippen LogP contribution in [0.2, 0.25) is 0 Å². The van der Waals surface area contributed by atoms with Gasteiger partial charge in [-0.3, -0.25) is 9.69 Å². The summed E-state index contributed by atoms with van der Waals surface area (Å²) < 4.78 is 22.7. The smallest absolute Gasteiger partial charge is 0.203 e. The number of ketones is 1. The van der Waals surface area contributed by atoms with Crippen molar-refractivity contribution in [3.63, 3.8) is 0 Å². The number of nitrogens with one attached hydrogen (secondary N) is 1. The van der Waals surface area contributed by atoms with Crippen LogP contribution in [-0.4, -0.2) is 69.4 Å². The van der Waals surface area contributed by atoms with Crippen LogP contribution in [0.4, 0.5) is 17.1 Å². The molecule has 2 fully saturated rings. The van der Waals surface area contributed by atoms with Gasteiger partial charge in [0.15, 0.2) is 23.0 Å². The Hall–Kier alpha value is -4.24. The summed E-state index contributed by atoms with van der Waals surface area (Å²) in [6.45, 7) is 3.80. The summed E-state index contributed by atoms with van der Waals surface area (Å²) in [4.78, 5) is 19.1. The van der Waals surface area contributed by atoms with Crippen molar-refractivity contribution >= 4 is 33.7 Å². The van der Waals surface area contributed by atoms with Gasteiger partial charge >= 0.3 is 0 Å². The van der Waals surface area contributed by atoms with Crippen molar-refractivity contribution in [2.75, 3.05) is 57.7 Å². The zero-order valence-corrected chi connectivity index (χ0v) is 24.4. The maximum Gasteiger partial charge on any atom is 0.203 e. The molecule has 1 saturated carbocycles. The number of fused-ring (bicyclic) bond motifs is 2. The van der Waals surface area contributed by atoms with Crippen LogP contribution in [-0.2, 0) is 0 Å². The Morgan fingerprint density at radius 2 is 1.57 bits per heavy atom. The fourth-order valence-electron chi connectivity index (χ4n) is 6.96. The number of hydrogen-bond acceptors (Lipinski definition) is 9. The third kappa shape index (κ3) is 4.34. The molecule has 0 unspecified atom stereocenters. The third-order valence-electron chi connectivity index (χ3n) is 9.07. The van der Waals surface area contributed by atoms with Gasteiger partial charge in [-0.05, 0) is 18.9 Å². The molecule has 1 saturated heterocycles. The third-order valence-corrected chi connectivity index (χ3v) is 9.07. The van der Waals surface area contributed by atoms with Gasteiger partial charge in [-0.15, -0.1) is 0 Å². The SMILES string of the molecule is COc1cc(Nc2cc(N3CCN(C4CCCCC4)CC3)c3noc4c3c2C(=O)c2ccccc2-4)cc(OC)c1OC. The van der Waals surface area contributed by atoms with Gasteiger partial charge in [0.2, 0.25) is 5.75 Å². The van der Waals surface area contributed by atoms with Crippen molar-refractivity contribution in [3.8, 4) is 28.6 Å². The molecule has 0 radical (unpaired) electrons. The van der Waals surface area contributed by atoms with E-state index in [2.05, 4.69) is 26.3 Å². The largest absolute Gasteiger partial charge is 0.493 e. The van der Waals surface area contributed by atoms with Crippen LogP contribution in [0.25, 0.3) is 22.2 Å². The van der Waals surface area contributed by atoms with E-state index in [4.69, 9.17) is 18.7 Å². The number of piperazine rings is 1. The lowest BCUT2D eigenvalue weighted by Crippen LogP contribution is -2.51. The monoisotopic (exact) mass is 568 g/mol. The number of aromatic nitrogens is 1. The molecule has 218 valence electrons. The Morgan fingerprint density at radius 1 is 0.881 bits per heavy atom. The Balaban J connectivity index is 1.33. The van der Waals surface area contributed by atoms with E-state index in [9.17, 15) is 4.79 Å². The molecule has 3 aromatic carbocycles. The molecule has 0 bridgehead atoms. The maximum absolute atomic E-state index is 14.1. The molecule has 7 rings (SSSR count). The Bertz CT molecular complexity index is 1620.